The zero-order valence-electron chi connectivity index (χ0n) is 10.0. The number of benzene rings is 1. The van der Waals surface area contributed by atoms with Crippen molar-refractivity contribution in [2.24, 2.45) is 11.7 Å². The van der Waals surface area contributed by atoms with E-state index in [9.17, 15) is 0 Å². The molecule has 0 spiro atoms. The van der Waals surface area contributed by atoms with Gasteiger partial charge in [-0.05, 0) is 31.0 Å². The maximum atomic E-state index is 5.53. The normalized spacial score (nSPS) is 14.4. The second kappa shape index (κ2) is 7.20. The Labute approximate surface area is 98.6 Å². The van der Waals surface area contributed by atoms with Crippen molar-refractivity contribution < 1.29 is 0 Å². The van der Waals surface area contributed by atoms with E-state index in [2.05, 4.69) is 43.1 Å². The molecule has 0 heterocycles. The molecule has 88 valence electrons. The van der Waals surface area contributed by atoms with Crippen LogP contribution in [-0.2, 0) is 0 Å². The van der Waals surface area contributed by atoms with Crippen LogP contribution < -0.4 is 11.1 Å². The van der Waals surface area contributed by atoms with E-state index in [-0.39, 0.29) is 6.04 Å². The van der Waals surface area contributed by atoms with Crippen LogP contribution in [-0.4, -0.2) is 13.1 Å². The van der Waals surface area contributed by atoms with Gasteiger partial charge in [-0.1, -0.05) is 43.3 Å². The van der Waals surface area contributed by atoms with Gasteiger partial charge in [-0.15, -0.1) is 6.58 Å². The molecule has 0 aliphatic carbocycles. The summed E-state index contributed by atoms with van der Waals surface area (Å²) in [5.41, 5.74) is 6.79. The highest BCUT2D eigenvalue weighted by atomic mass is 14.9. The van der Waals surface area contributed by atoms with Gasteiger partial charge in [-0.25, -0.2) is 0 Å². The summed E-state index contributed by atoms with van der Waals surface area (Å²) in [5, 5.41) is 3.50. The molecule has 2 nitrogen and oxygen atoms in total. The van der Waals surface area contributed by atoms with E-state index in [1.165, 1.54) is 5.56 Å². The van der Waals surface area contributed by atoms with Crippen molar-refractivity contribution in [3.05, 3.63) is 48.6 Å². The molecule has 3 N–H and O–H groups in total. The summed E-state index contributed by atoms with van der Waals surface area (Å²) in [6.07, 6.45) is 3.01. The predicted molar refractivity (Wildman–Crippen MR) is 70.2 cm³/mol. The summed E-state index contributed by atoms with van der Waals surface area (Å²) >= 11 is 0. The molecule has 0 saturated heterocycles. The van der Waals surface area contributed by atoms with Gasteiger partial charge in [0.05, 0.1) is 6.04 Å². The molecule has 0 saturated carbocycles. The molecule has 0 aliphatic heterocycles. The van der Waals surface area contributed by atoms with Crippen molar-refractivity contribution in [2.45, 2.75) is 19.4 Å². The minimum atomic E-state index is 0.237. The standard InChI is InChI=1S/C14H22N2/c1-3-14(13-7-5-4-6-8-13)16-11-12(2)9-10-15/h3-8,12,14,16H,1,9-11,15H2,2H3. The van der Waals surface area contributed by atoms with Gasteiger partial charge in [-0.3, -0.25) is 0 Å². The topological polar surface area (TPSA) is 38.0 Å². The lowest BCUT2D eigenvalue weighted by Gasteiger charge is -2.18. The predicted octanol–water partition coefficient (Wildman–Crippen LogP) is 2.49. The van der Waals surface area contributed by atoms with E-state index in [1.807, 2.05) is 12.1 Å². The first-order chi connectivity index (χ1) is 7.77. The smallest absolute Gasteiger partial charge is 0.0503 e. The second-order valence-electron chi connectivity index (χ2n) is 4.21. The Kier molecular flexibility index (Phi) is 5.83. The number of nitrogens with one attached hydrogen (secondary N) is 1. The molecule has 0 radical (unpaired) electrons. The van der Waals surface area contributed by atoms with Crippen molar-refractivity contribution in [1.82, 2.24) is 5.32 Å². The molecule has 2 atom stereocenters. The van der Waals surface area contributed by atoms with Crippen molar-refractivity contribution >= 4 is 0 Å². The Morgan fingerprint density at radius 3 is 2.62 bits per heavy atom. The van der Waals surface area contributed by atoms with Crippen LogP contribution in [0, 0.1) is 5.92 Å². The van der Waals surface area contributed by atoms with Crippen LogP contribution in [0.5, 0.6) is 0 Å². The quantitative estimate of drug-likeness (QED) is 0.690. The minimum Gasteiger partial charge on any atom is -0.330 e. The van der Waals surface area contributed by atoms with Crippen molar-refractivity contribution in [3.63, 3.8) is 0 Å². The lowest BCUT2D eigenvalue weighted by Crippen LogP contribution is -2.26. The van der Waals surface area contributed by atoms with Gasteiger partial charge in [-0.2, -0.15) is 0 Å². The lowest BCUT2D eigenvalue weighted by molar-refractivity contribution is 0.467. The van der Waals surface area contributed by atoms with Crippen LogP contribution >= 0.6 is 0 Å². The number of nitrogens with two attached hydrogens (primary N) is 1. The maximum absolute atomic E-state index is 5.53. The highest BCUT2D eigenvalue weighted by Crippen LogP contribution is 2.13. The van der Waals surface area contributed by atoms with E-state index in [0.717, 1.165) is 19.5 Å². The van der Waals surface area contributed by atoms with E-state index < -0.39 is 0 Å². The van der Waals surface area contributed by atoms with Gasteiger partial charge < -0.3 is 11.1 Å². The van der Waals surface area contributed by atoms with Crippen LogP contribution in [0.1, 0.15) is 24.9 Å². The Balaban J connectivity index is 2.47. The average Bonchev–Trinajstić information content (AvgIpc) is 2.31. The third-order valence-electron chi connectivity index (χ3n) is 2.74. The summed E-state index contributed by atoms with van der Waals surface area (Å²) in [6.45, 7) is 7.82. The highest BCUT2D eigenvalue weighted by Gasteiger charge is 2.07. The van der Waals surface area contributed by atoms with Crippen LogP contribution in [0.2, 0.25) is 0 Å². The molecule has 2 heteroatoms. The fourth-order valence-electron chi connectivity index (χ4n) is 1.71. The Morgan fingerprint density at radius 1 is 1.38 bits per heavy atom. The molecular formula is C14H22N2. The van der Waals surface area contributed by atoms with Crippen LogP contribution in [0.4, 0.5) is 0 Å². The first-order valence-electron chi connectivity index (χ1n) is 5.89. The van der Waals surface area contributed by atoms with Gasteiger partial charge in [0.15, 0.2) is 0 Å². The molecule has 0 amide bonds. The van der Waals surface area contributed by atoms with E-state index >= 15 is 0 Å². The van der Waals surface area contributed by atoms with E-state index in [1.54, 1.807) is 0 Å². The largest absolute Gasteiger partial charge is 0.330 e. The third-order valence-corrected chi connectivity index (χ3v) is 2.74. The molecular weight excluding hydrogens is 196 g/mol. The maximum Gasteiger partial charge on any atom is 0.0503 e. The SMILES string of the molecule is C=CC(NCC(C)CCN)c1ccccc1. The molecule has 0 bridgehead atoms. The Morgan fingerprint density at radius 2 is 2.06 bits per heavy atom. The zero-order valence-corrected chi connectivity index (χ0v) is 10.0. The van der Waals surface area contributed by atoms with Crippen LogP contribution in [0.15, 0.2) is 43.0 Å². The third kappa shape index (κ3) is 4.17. The molecule has 0 fully saturated rings. The number of hydrogen-bond donors (Lipinski definition) is 2. The van der Waals surface area contributed by atoms with Gasteiger partial charge in [0.1, 0.15) is 0 Å². The fraction of sp³-hybridized carbons (Fsp3) is 0.429. The fourth-order valence-corrected chi connectivity index (χ4v) is 1.71. The summed E-state index contributed by atoms with van der Waals surface area (Å²) in [4.78, 5) is 0. The zero-order chi connectivity index (χ0) is 11.8. The monoisotopic (exact) mass is 218 g/mol. The Bertz CT molecular complexity index is 295. The van der Waals surface area contributed by atoms with Crippen LogP contribution in [0.3, 0.4) is 0 Å². The van der Waals surface area contributed by atoms with Crippen molar-refractivity contribution in [1.29, 1.82) is 0 Å². The first-order valence-corrected chi connectivity index (χ1v) is 5.89. The molecule has 0 aliphatic rings. The second-order valence-corrected chi connectivity index (χ2v) is 4.21. The summed E-state index contributed by atoms with van der Waals surface area (Å²) in [7, 11) is 0. The first kappa shape index (κ1) is 12.9. The van der Waals surface area contributed by atoms with Crippen molar-refractivity contribution in [2.75, 3.05) is 13.1 Å². The van der Waals surface area contributed by atoms with E-state index in [4.69, 9.17) is 5.73 Å². The van der Waals surface area contributed by atoms with Crippen molar-refractivity contribution in [3.8, 4) is 0 Å². The van der Waals surface area contributed by atoms with Gasteiger partial charge in [0, 0.05) is 0 Å². The van der Waals surface area contributed by atoms with Crippen LogP contribution in [0.25, 0.3) is 0 Å². The molecule has 16 heavy (non-hydrogen) atoms. The molecule has 1 aromatic carbocycles. The minimum absolute atomic E-state index is 0.237. The average molecular weight is 218 g/mol. The summed E-state index contributed by atoms with van der Waals surface area (Å²) < 4.78 is 0. The van der Waals surface area contributed by atoms with Gasteiger partial charge in [0.2, 0.25) is 0 Å². The number of rotatable bonds is 7. The Hall–Kier alpha value is -1.12. The molecule has 2 unspecified atom stereocenters. The molecule has 1 aromatic rings. The summed E-state index contributed by atoms with van der Waals surface area (Å²) in [5.74, 6) is 0.608. The van der Waals surface area contributed by atoms with Gasteiger partial charge in [0.25, 0.3) is 0 Å². The lowest BCUT2D eigenvalue weighted by atomic mass is 10.0. The summed E-state index contributed by atoms with van der Waals surface area (Å²) in [6, 6.07) is 10.6. The molecule has 1 rings (SSSR count). The number of hydrogen-bond acceptors (Lipinski definition) is 2. The van der Waals surface area contributed by atoms with Gasteiger partial charge >= 0.3 is 0 Å². The van der Waals surface area contributed by atoms with E-state index in [0.29, 0.717) is 5.92 Å². The highest BCUT2D eigenvalue weighted by molar-refractivity contribution is 5.22. The molecule has 0 aromatic heterocycles.